The Labute approximate surface area is 67.2 Å². The van der Waals surface area contributed by atoms with Crippen LogP contribution >= 0.6 is 0 Å². The Balaban J connectivity index is 2.72. The van der Waals surface area contributed by atoms with Crippen LogP contribution in [0.3, 0.4) is 0 Å². The largest absolute Gasteiger partial charge is 0.338 e. The molecule has 0 amide bonds. The number of hydrogen-bond donors (Lipinski definition) is 1. The molecule has 0 aromatic carbocycles. The van der Waals surface area contributed by atoms with Crippen LogP contribution < -0.4 is 5.73 Å². The predicted octanol–water partition coefficient (Wildman–Crippen LogP) is 0.700. The fourth-order valence-corrected chi connectivity index (χ4v) is 0.974. The molecule has 0 bridgehead atoms. The van der Waals surface area contributed by atoms with Gasteiger partial charge in [-0.1, -0.05) is 0 Å². The summed E-state index contributed by atoms with van der Waals surface area (Å²) in [6.45, 7) is 4.00. The topological polar surface area (TPSA) is 43.8 Å². The Morgan fingerprint density at radius 1 is 1.64 bits per heavy atom. The first-order valence-corrected chi connectivity index (χ1v) is 3.74. The van der Waals surface area contributed by atoms with Gasteiger partial charge in [-0.2, -0.15) is 0 Å². The van der Waals surface area contributed by atoms with Gasteiger partial charge in [-0.05, 0) is 13.8 Å². The van der Waals surface area contributed by atoms with Crippen LogP contribution in [0.25, 0.3) is 0 Å². The van der Waals surface area contributed by atoms with E-state index in [1.807, 2.05) is 31.7 Å². The third-order valence-corrected chi connectivity index (χ3v) is 1.53. The summed E-state index contributed by atoms with van der Waals surface area (Å²) in [6.07, 6.45) is 4.54. The Bertz CT molecular complexity index is 232. The number of nitrogens with zero attached hydrogens (tertiary/aromatic N) is 2. The highest BCUT2D eigenvalue weighted by Crippen LogP contribution is 2.06. The number of imidazole rings is 1. The third-order valence-electron chi connectivity index (χ3n) is 1.53. The minimum absolute atomic E-state index is 0.168. The number of rotatable bonds is 2. The van der Waals surface area contributed by atoms with Gasteiger partial charge < -0.3 is 10.3 Å². The predicted molar refractivity (Wildman–Crippen MR) is 45.2 cm³/mol. The van der Waals surface area contributed by atoms with E-state index in [1.54, 1.807) is 6.20 Å². The van der Waals surface area contributed by atoms with Crippen molar-refractivity contribution in [1.82, 2.24) is 9.55 Å². The number of nitrogens with two attached hydrogens (primary N) is 1. The molecule has 0 atom stereocenters. The highest BCUT2D eigenvalue weighted by Gasteiger charge is 2.13. The second-order valence-electron chi connectivity index (χ2n) is 3.62. The van der Waals surface area contributed by atoms with Gasteiger partial charge >= 0.3 is 0 Å². The maximum atomic E-state index is 5.84. The van der Waals surface area contributed by atoms with Crippen molar-refractivity contribution >= 4 is 0 Å². The lowest BCUT2D eigenvalue weighted by molar-refractivity contribution is 0.494. The molecule has 3 nitrogen and oxygen atoms in total. The second-order valence-corrected chi connectivity index (χ2v) is 3.62. The van der Waals surface area contributed by atoms with Crippen molar-refractivity contribution in [1.29, 1.82) is 0 Å². The van der Waals surface area contributed by atoms with E-state index in [1.165, 1.54) is 0 Å². The van der Waals surface area contributed by atoms with Gasteiger partial charge in [0.25, 0.3) is 0 Å². The molecular formula is C8H15N3. The van der Waals surface area contributed by atoms with Crippen LogP contribution in [0.4, 0.5) is 0 Å². The summed E-state index contributed by atoms with van der Waals surface area (Å²) in [6, 6.07) is 0. The molecule has 0 aliphatic rings. The summed E-state index contributed by atoms with van der Waals surface area (Å²) in [7, 11) is 1.98. The molecular weight excluding hydrogens is 138 g/mol. The van der Waals surface area contributed by atoms with E-state index in [2.05, 4.69) is 4.98 Å². The first-order chi connectivity index (χ1) is 4.99. The molecule has 0 saturated heterocycles. The SMILES string of the molecule is Cn1ccnc1CC(C)(C)N. The van der Waals surface area contributed by atoms with Crippen LogP contribution in [-0.4, -0.2) is 15.1 Å². The van der Waals surface area contributed by atoms with E-state index in [0.717, 1.165) is 12.2 Å². The van der Waals surface area contributed by atoms with Gasteiger partial charge in [0.1, 0.15) is 5.82 Å². The average Bonchev–Trinajstić information content (AvgIpc) is 2.12. The number of hydrogen-bond acceptors (Lipinski definition) is 2. The van der Waals surface area contributed by atoms with Crippen molar-refractivity contribution in [2.45, 2.75) is 25.8 Å². The van der Waals surface area contributed by atoms with Gasteiger partial charge in [0, 0.05) is 31.4 Å². The average molecular weight is 153 g/mol. The van der Waals surface area contributed by atoms with Crippen molar-refractivity contribution in [2.75, 3.05) is 0 Å². The quantitative estimate of drug-likeness (QED) is 0.679. The van der Waals surface area contributed by atoms with Crippen LogP contribution in [-0.2, 0) is 13.5 Å². The summed E-state index contributed by atoms with van der Waals surface area (Å²) in [4.78, 5) is 4.18. The van der Waals surface area contributed by atoms with E-state index in [9.17, 15) is 0 Å². The minimum atomic E-state index is -0.168. The Hall–Kier alpha value is -0.830. The zero-order valence-electron chi connectivity index (χ0n) is 7.33. The monoisotopic (exact) mass is 153 g/mol. The van der Waals surface area contributed by atoms with Gasteiger partial charge in [-0.15, -0.1) is 0 Å². The summed E-state index contributed by atoms with van der Waals surface area (Å²) in [5.74, 6) is 1.04. The van der Waals surface area contributed by atoms with Crippen LogP contribution in [0.1, 0.15) is 19.7 Å². The van der Waals surface area contributed by atoms with E-state index in [-0.39, 0.29) is 5.54 Å². The fraction of sp³-hybridized carbons (Fsp3) is 0.625. The molecule has 0 fully saturated rings. The van der Waals surface area contributed by atoms with Crippen molar-refractivity contribution in [3.8, 4) is 0 Å². The molecule has 0 unspecified atom stereocenters. The lowest BCUT2D eigenvalue weighted by Crippen LogP contribution is -2.35. The van der Waals surface area contributed by atoms with E-state index >= 15 is 0 Å². The first-order valence-electron chi connectivity index (χ1n) is 3.74. The van der Waals surface area contributed by atoms with E-state index < -0.39 is 0 Å². The van der Waals surface area contributed by atoms with Gasteiger partial charge in [-0.25, -0.2) is 4.98 Å². The van der Waals surface area contributed by atoms with Gasteiger partial charge in [-0.3, -0.25) is 0 Å². The molecule has 2 N–H and O–H groups in total. The highest BCUT2D eigenvalue weighted by atomic mass is 15.0. The Kier molecular flexibility index (Phi) is 2.00. The maximum Gasteiger partial charge on any atom is 0.110 e. The zero-order valence-corrected chi connectivity index (χ0v) is 7.33. The normalized spacial score (nSPS) is 12.0. The maximum absolute atomic E-state index is 5.84. The molecule has 1 aromatic heterocycles. The smallest absolute Gasteiger partial charge is 0.110 e. The molecule has 1 heterocycles. The van der Waals surface area contributed by atoms with Crippen molar-refractivity contribution in [3.63, 3.8) is 0 Å². The number of aromatic nitrogens is 2. The molecule has 11 heavy (non-hydrogen) atoms. The molecule has 1 rings (SSSR count). The number of aryl methyl sites for hydroxylation is 1. The van der Waals surface area contributed by atoms with Crippen LogP contribution in [0.5, 0.6) is 0 Å². The first kappa shape index (κ1) is 8.27. The van der Waals surface area contributed by atoms with Crippen molar-refractivity contribution in [3.05, 3.63) is 18.2 Å². The molecule has 0 aliphatic carbocycles. The lowest BCUT2D eigenvalue weighted by atomic mass is 10.0. The molecule has 0 spiro atoms. The summed E-state index contributed by atoms with van der Waals surface area (Å²) in [5, 5.41) is 0. The summed E-state index contributed by atoms with van der Waals surface area (Å²) >= 11 is 0. The van der Waals surface area contributed by atoms with Crippen LogP contribution in [0.15, 0.2) is 12.4 Å². The molecule has 1 aromatic rings. The summed E-state index contributed by atoms with van der Waals surface area (Å²) in [5.41, 5.74) is 5.67. The van der Waals surface area contributed by atoms with Crippen LogP contribution in [0.2, 0.25) is 0 Å². The molecule has 0 aliphatic heterocycles. The minimum Gasteiger partial charge on any atom is -0.338 e. The Morgan fingerprint density at radius 2 is 2.27 bits per heavy atom. The lowest BCUT2D eigenvalue weighted by Gasteiger charge is -2.17. The highest BCUT2D eigenvalue weighted by molar-refractivity contribution is 4.96. The van der Waals surface area contributed by atoms with Gasteiger partial charge in [0.05, 0.1) is 0 Å². The zero-order chi connectivity index (χ0) is 8.48. The summed E-state index contributed by atoms with van der Waals surface area (Å²) < 4.78 is 1.99. The van der Waals surface area contributed by atoms with E-state index in [4.69, 9.17) is 5.73 Å². The van der Waals surface area contributed by atoms with E-state index in [0.29, 0.717) is 0 Å². The fourth-order valence-electron chi connectivity index (χ4n) is 0.974. The van der Waals surface area contributed by atoms with Gasteiger partial charge in [0.2, 0.25) is 0 Å². The van der Waals surface area contributed by atoms with Crippen LogP contribution in [0, 0.1) is 0 Å². The van der Waals surface area contributed by atoms with Gasteiger partial charge in [0.15, 0.2) is 0 Å². The van der Waals surface area contributed by atoms with Crippen molar-refractivity contribution < 1.29 is 0 Å². The second kappa shape index (κ2) is 2.66. The molecule has 0 saturated carbocycles. The standard InChI is InChI=1S/C8H15N3/c1-8(2,9)6-7-10-4-5-11(7)3/h4-5H,6,9H2,1-3H3. The molecule has 3 heteroatoms. The third kappa shape index (κ3) is 2.35. The van der Waals surface area contributed by atoms with Crippen molar-refractivity contribution in [2.24, 2.45) is 12.8 Å². The Morgan fingerprint density at radius 3 is 2.64 bits per heavy atom. The molecule has 0 radical (unpaired) electrons. The molecule has 62 valence electrons.